The summed E-state index contributed by atoms with van der Waals surface area (Å²) in [6.07, 6.45) is 3.69. The van der Waals surface area contributed by atoms with Gasteiger partial charge < -0.3 is 4.90 Å². The molecule has 0 spiro atoms. The van der Waals surface area contributed by atoms with E-state index in [9.17, 15) is 4.79 Å². The number of amides is 1. The molecule has 0 radical (unpaired) electrons. The van der Waals surface area contributed by atoms with Gasteiger partial charge in [0.05, 0.1) is 0 Å². The highest BCUT2D eigenvalue weighted by atomic mass is 16.2. The molecule has 1 amide bonds. The van der Waals surface area contributed by atoms with E-state index in [2.05, 4.69) is 6.58 Å². The van der Waals surface area contributed by atoms with Gasteiger partial charge in [0.25, 0.3) is 0 Å². The monoisotopic (exact) mass is 183 g/mol. The van der Waals surface area contributed by atoms with Crippen LogP contribution in [-0.2, 0) is 4.79 Å². The van der Waals surface area contributed by atoms with Gasteiger partial charge in [-0.2, -0.15) is 0 Å². The molecule has 76 valence electrons. The van der Waals surface area contributed by atoms with E-state index < -0.39 is 0 Å². The van der Waals surface area contributed by atoms with Crippen molar-refractivity contribution < 1.29 is 4.79 Å². The van der Waals surface area contributed by atoms with Crippen LogP contribution in [0.2, 0.25) is 0 Å². The van der Waals surface area contributed by atoms with Crippen molar-refractivity contribution >= 4 is 5.91 Å². The molecule has 0 aromatic heterocycles. The third kappa shape index (κ3) is 6.14. The standard InChI is InChI=1S/C9H15NO.C2H6/c1-5-7-8(3)10(6-2)9(4)11;1-2/h5,7H,3,6H2,1-2,4H3;1-2H3/b7-5-;. The molecule has 0 unspecified atom stereocenters. The summed E-state index contributed by atoms with van der Waals surface area (Å²) < 4.78 is 0. The average molecular weight is 183 g/mol. The molecule has 0 N–H and O–H groups in total. The molecule has 0 saturated heterocycles. The van der Waals surface area contributed by atoms with Crippen molar-refractivity contribution in [2.45, 2.75) is 34.6 Å². The van der Waals surface area contributed by atoms with E-state index in [1.54, 1.807) is 4.90 Å². The van der Waals surface area contributed by atoms with Gasteiger partial charge in [-0.15, -0.1) is 0 Å². The molecule has 0 fully saturated rings. The van der Waals surface area contributed by atoms with Crippen molar-refractivity contribution in [3.05, 3.63) is 24.4 Å². The predicted molar refractivity (Wildman–Crippen MR) is 58.4 cm³/mol. The minimum atomic E-state index is 0.0376. The maximum Gasteiger partial charge on any atom is 0.223 e. The number of hydrogen-bond donors (Lipinski definition) is 0. The smallest absolute Gasteiger partial charge is 0.223 e. The molecular formula is C11H21NO. The first kappa shape index (κ1) is 14.5. The maximum absolute atomic E-state index is 10.9. The molecule has 2 nitrogen and oxygen atoms in total. The summed E-state index contributed by atoms with van der Waals surface area (Å²) in [5.41, 5.74) is 0.752. The SMILES string of the molecule is C=C(/C=C\C)N(CC)C(C)=O.CC. The fourth-order valence-corrected chi connectivity index (χ4v) is 0.910. The molecule has 0 aromatic rings. The third-order valence-corrected chi connectivity index (χ3v) is 1.40. The summed E-state index contributed by atoms with van der Waals surface area (Å²) in [7, 11) is 0. The lowest BCUT2D eigenvalue weighted by Crippen LogP contribution is -2.26. The molecule has 0 bridgehead atoms. The van der Waals surface area contributed by atoms with Gasteiger partial charge in [-0.1, -0.05) is 26.5 Å². The Hall–Kier alpha value is -1.05. The highest BCUT2D eigenvalue weighted by molar-refractivity contribution is 5.75. The highest BCUT2D eigenvalue weighted by Gasteiger charge is 2.05. The van der Waals surface area contributed by atoms with Crippen LogP contribution in [0, 0.1) is 0 Å². The van der Waals surface area contributed by atoms with Gasteiger partial charge in [-0.3, -0.25) is 4.79 Å². The van der Waals surface area contributed by atoms with Crippen LogP contribution in [0.4, 0.5) is 0 Å². The van der Waals surface area contributed by atoms with Crippen LogP contribution in [0.1, 0.15) is 34.6 Å². The molecule has 0 aliphatic heterocycles. The Kier molecular flexibility index (Phi) is 10.1. The molecule has 0 rings (SSSR count). The molecule has 0 aliphatic rings. The zero-order chi connectivity index (χ0) is 10.9. The third-order valence-electron chi connectivity index (χ3n) is 1.40. The first-order valence-electron chi connectivity index (χ1n) is 4.73. The largest absolute Gasteiger partial charge is 0.314 e. The van der Waals surface area contributed by atoms with Gasteiger partial charge in [0.2, 0.25) is 5.91 Å². The van der Waals surface area contributed by atoms with Gasteiger partial charge in [0.15, 0.2) is 0 Å². The van der Waals surface area contributed by atoms with Gasteiger partial charge in [0, 0.05) is 19.2 Å². The Balaban J connectivity index is 0. The van der Waals surface area contributed by atoms with Crippen molar-refractivity contribution in [2.24, 2.45) is 0 Å². The molecule has 13 heavy (non-hydrogen) atoms. The van der Waals surface area contributed by atoms with Crippen LogP contribution in [0.3, 0.4) is 0 Å². The number of hydrogen-bond acceptors (Lipinski definition) is 1. The summed E-state index contributed by atoms with van der Waals surface area (Å²) in [6, 6.07) is 0. The Labute approximate surface area is 81.9 Å². The molecule has 0 atom stereocenters. The second-order valence-electron chi connectivity index (χ2n) is 2.25. The van der Waals surface area contributed by atoms with Crippen LogP contribution in [0.15, 0.2) is 24.4 Å². The summed E-state index contributed by atoms with van der Waals surface area (Å²) in [5, 5.41) is 0. The molecular weight excluding hydrogens is 162 g/mol. The predicted octanol–water partition coefficient (Wildman–Crippen LogP) is 2.97. The lowest BCUT2D eigenvalue weighted by atomic mass is 10.3. The zero-order valence-electron chi connectivity index (χ0n) is 9.42. The number of carbonyl (C=O) groups is 1. The van der Waals surface area contributed by atoms with Crippen molar-refractivity contribution in [3.8, 4) is 0 Å². The quantitative estimate of drug-likeness (QED) is 0.616. The summed E-state index contributed by atoms with van der Waals surface area (Å²) in [6.45, 7) is 13.8. The van der Waals surface area contributed by atoms with Crippen LogP contribution < -0.4 is 0 Å². The van der Waals surface area contributed by atoms with E-state index >= 15 is 0 Å². The van der Waals surface area contributed by atoms with Crippen molar-refractivity contribution in [2.75, 3.05) is 6.54 Å². The minimum absolute atomic E-state index is 0.0376. The van der Waals surface area contributed by atoms with E-state index in [-0.39, 0.29) is 5.91 Å². The van der Waals surface area contributed by atoms with Gasteiger partial charge in [0.1, 0.15) is 0 Å². The lowest BCUT2D eigenvalue weighted by Gasteiger charge is -2.18. The second kappa shape index (κ2) is 9.04. The first-order chi connectivity index (χ1) is 6.13. The second-order valence-corrected chi connectivity index (χ2v) is 2.25. The minimum Gasteiger partial charge on any atom is -0.314 e. The Morgan fingerprint density at radius 2 is 1.92 bits per heavy atom. The molecule has 0 aliphatic carbocycles. The van der Waals surface area contributed by atoms with Gasteiger partial charge in [-0.05, 0) is 19.9 Å². The van der Waals surface area contributed by atoms with Gasteiger partial charge >= 0.3 is 0 Å². The van der Waals surface area contributed by atoms with Crippen LogP contribution in [0.25, 0.3) is 0 Å². The highest BCUT2D eigenvalue weighted by Crippen LogP contribution is 2.02. The Morgan fingerprint density at radius 1 is 1.46 bits per heavy atom. The van der Waals surface area contributed by atoms with E-state index in [4.69, 9.17) is 0 Å². The number of rotatable bonds is 3. The van der Waals surface area contributed by atoms with E-state index in [1.165, 1.54) is 6.92 Å². The van der Waals surface area contributed by atoms with E-state index in [0.29, 0.717) is 6.54 Å². The van der Waals surface area contributed by atoms with Gasteiger partial charge in [-0.25, -0.2) is 0 Å². The van der Waals surface area contributed by atoms with Crippen LogP contribution in [-0.4, -0.2) is 17.4 Å². The Bertz CT molecular complexity index is 183. The number of carbonyl (C=O) groups excluding carboxylic acids is 1. The van der Waals surface area contributed by atoms with E-state index in [0.717, 1.165) is 5.70 Å². The normalized spacial score (nSPS) is 9.00. The summed E-state index contributed by atoms with van der Waals surface area (Å²) in [5.74, 6) is 0.0376. The lowest BCUT2D eigenvalue weighted by molar-refractivity contribution is -0.126. The molecule has 0 heterocycles. The fourth-order valence-electron chi connectivity index (χ4n) is 0.910. The number of likely N-dealkylation sites (N-methyl/N-ethyl adjacent to an activating group) is 1. The van der Waals surface area contributed by atoms with Crippen LogP contribution in [0.5, 0.6) is 0 Å². The first-order valence-corrected chi connectivity index (χ1v) is 4.73. The molecule has 0 saturated carbocycles. The topological polar surface area (TPSA) is 20.3 Å². The summed E-state index contributed by atoms with van der Waals surface area (Å²) in [4.78, 5) is 12.5. The van der Waals surface area contributed by atoms with Crippen molar-refractivity contribution in [3.63, 3.8) is 0 Å². The van der Waals surface area contributed by atoms with Crippen molar-refractivity contribution in [1.82, 2.24) is 4.90 Å². The van der Waals surface area contributed by atoms with E-state index in [1.807, 2.05) is 39.8 Å². The Morgan fingerprint density at radius 3 is 2.15 bits per heavy atom. The molecule has 2 heteroatoms. The number of allylic oxidation sites excluding steroid dienone is 2. The maximum atomic E-state index is 10.9. The number of nitrogens with zero attached hydrogens (tertiary/aromatic N) is 1. The average Bonchev–Trinajstić information content (AvgIpc) is 2.09. The van der Waals surface area contributed by atoms with Crippen LogP contribution >= 0.6 is 0 Å². The zero-order valence-corrected chi connectivity index (χ0v) is 9.42. The summed E-state index contributed by atoms with van der Waals surface area (Å²) >= 11 is 0. The molecule has 0 aromatic carbocycles. The van der Waals surface area contributed by atoms with Crippen molar-refractivity contribution in [1.29, 1.82) is 0 Å². The fraction of sp³-hybridized carbons (Fsp3) is 0.545.